The first-order valence-corrected chi connectivity index (χ1v) is 5.65. The van der Waals surface area contributed by atoms with Crippen molar-refractivity contribution in [2.45, 2.75) is 20.4 Å². The van der Waals surface area contributed by atoms with Crippen LogP contribution in [0.5, 0.6) is 0 Å². The van der Waals surface area contributed by atoms with Gasteiger partial charge in [0.2, 0.25) is 6.54 Å². The molecule has 0 aliphatic heterocycles. The van der Waals surface area contributed by atoms with E-state index in [1.54, 1.807) is 34.0 Å². The van der Waals surface area contributed by atoms with E-state index >= 15 is 0 Å². The van der Waals surface area contributed by atoms with Crippen molar-refractivity contribution >= 4 is 24.2 Å². The van der Waals surface area contributed by atoms with Crippen LogP contribution in [0, 0.1) is 0 Å². The third kappa shape index (κ3) is 4.33. The van der Waals surface area contributed by atoms with Crippen LogP contribution >= 0.6 is 12.4 Å². The van der Waals surface area contributed by atoms with Crippen molar-refractivity contribution in [3.63, 3.8) is 0 Å². The summed E-state index contributed by atoms with van der Waals surface area (Å²) >= 11 is 0. The second kappa shape index (κ2) is 7.66. The van der Waals surface area contributed by atoms with Crippen molar-refractivity contribution in [3.05, 3.63) is 30.1 Å². The highest BCUT2D eigenvalue weighted by Gasteiger charge is 2.16. The lowest BCUT2D eigenvalue weighted by Crippen LogP contribution is -2.41. The van der Waals surface area contributed by atoms with E-state index in [1.165, 1.54) is 0 Å². The van der Waals surface area contributed by atoms with Crippen LogP contribution in [0.2, 0.25) is 0 Å². The zero-order valence-electron chi connectivity index (χ0n) is 10.6. The van der Waals surface area contributed by atoms with Crippen molar-refractivity contribution in [2.75, 3.05) is 13.1 Å². The molecule has 1 aromatic heterocycles. The van der Waals surface area contributed by atoms with E-state index in [4.69, 9.17) is 5.73 Å². The molecule has 0 saturated heterocycles. The van der Waals surface area contributed by atoms with Crippen LogP contribution in [0.25, 0.3) is 0 Å². The molecule has 6 heteroatoms. The first kappa shape index (κ1) is 16.4. The van der Waals surface area contributed by atoms with Gasteiger partial charge in [-0.2, -0.15) is 4.57 Å². The van der Waals surface area contributed by atoms with Crippen LogP contribution in [0.4, 0.5) is 0 Å². The topological polar surface area (TPSA) is 67.3 Å². The van der Waals surface area contributed by atoms with Gasteiger partial charge in [0.15, 0.2) is 12.4 Å². The first-order valence-electron chi connectivity index (χ1n) is 5.65. The SMILES string of the molecule is CCN(CC)C(=O)c1ccc[n+](CC(N)=O)c1.Cl. The van der Waals surface area contributed by atoms with E-state index in [9.17, 15) is 9.59 Å². The Morgan fingerprint density at radius 2 is 1.94 bits per heavy atom. The molecular formula is C12H19ClN3O2+. The number of pyridine rings is 1. The second-order valence-corrected chi connectivity index (χ2v) is 3.71. The fourth-order valence-corrected chi connectivity index (χ4v) is 1.62. The third-order valence-electron chi connectivity index (χ3n) is 2.49. The summed E-state index contributed by atoms with van der Waals surface area (Å²) in [5, 5.41) is 0. The van der Waals surface area contributed by atoms with Crippen molar-refractivity contribution < 1.29 is 14.2 Å². The molecular weight excluding hydrogens is 254 g/mol. The van der Waals surface area contributed by atoms with Gasteiger partial charge in [-0.25, -0.2) is 0 Å². The Labute approximate surface area is 113 Å². The summed E-state index contributed by atoms with van der Waals surface area (Å²) in [5.74, 6) is -0.462. The number of halogens is 1. The van der Waals surface area contributed by atoms with Crippen LogP contribution in [0.3, 0.4) is 0 Å². The molecule has 2 N–H and O–H groups in total. The minimum atomic E-state index is -0.428. The number of carbonyl (C=O) groups is 2. The standard InChI is InChI=1S/C12H17N3O2.ClH/c1-3-15(4-2)12(17)10-6-5-7-14(8-10)9-11(13)16;/h5-8H,3-4,9H2,1-2H3,(H-,13,16);1H/p+1. The van der Waals surface area contributed by atoms with Gasteiger partial charge in [0.05, 0.1) is 0 Å². The third-order valence-corrected chi connectivity index (χ3v) is 2.49. The number of rotatable bonds is 5. The largest absolute Gasteiger partial charge is 0.364 e. The van der Waals surface area contributed by atoms with Crippen LogP contribution in [-0.4, -0.2) is 29.8 Å². The maximum Gasteiger partial charge on any atom is 0.283 e. The molecule has 0 spiro atoms. The normalized spacial score (nSPS) is 9.44. The second-order valence-electron chi connectivity index (χ2n) is 3.71. The molecule has 100 valence electrons. The zero-order chi connectivity index (χ0) is 12.8. The molecule has 0 aromatic carbocycles. The average Bonchev–Trinajstić information content (AvgIpc) is 2.30. The Balaban J connectivity index is 0.00000289. The van der Waals surface area contributed by atoms with Crippen LogP contribution < -0.4 is 10.3 Å². The fourth-order valence-electron chi connectivity index (χ4n) is 1.62. The molecule has 1 rings (SSSR count). The zero-order valence-corrected chi connectivity index (χ0v) is 11.4. The first-order chi connectivity index (χ1) is 8.08. The Kier molecular flexibility index (Phi) is 6.97. The molecule has 5 nitrogen and oxygen atoms in total. The van der Waals surface area contributed by atoms with Crippen molar-refractivity contribution in [2.24, 2.45) is 5.73 Å². The van der Waals surface area contributed by atoms with Crippen molar-refractivity contribution in [1.29, 1.82) is 0 Å². The van der Waals surface area contributed by atoms with E-state index in [-0.39, 0.29) is 24.9 Å². The number of amides is 2. The summed E-state index contributed by atoms with van der Waals surface area (Å²) in [6.45, 7) is 5.28. The summed E-state index contributed by atoms with van der Waals surface area (Å²) in [7, 11) is 0. The van der Waals surface area contributed by atoms with Gasteiger partial charge >= 0.3 is 0 Å². The molecule has 2 amide bonds. The molecule has 0 fully saturated rings. The monoisotopic (exact) mass is 272 g/mol. The molecule has 0 aliphatic carbocycles. The molecule has 0 unspecified atom stereocenters. The van der Waals surface area contributed by atoms with Gasteiger partial charge in [-0.1, -0.05) is 0 Å². The van der Waals surface area contributed by atoms with Gasteiger partial charge in [0.25, 0.3) is 11.8 Å². The lowest BCUT2D eigenvalue weighted by atomic mass is 10.2. The predicted molar refractivity (Wildman–Crippen MR) is 70.3 cm³/mol. The Morgan fingerprint density at radius 3 is 2.44 bits per heavy atom. The van der Waals surface area contributed by atoms with Gasteiger partial charge < -0.3 is 10.6 Å². The highest BCUT2D eigenvalue weighted by atomic mass is 35.5. The molecule has 1 heterocycles. The van der Waals surface area contributed by atoms with Crippen molar-refractivity contribution in [3.8, 4) is 0 Å². The summed E-state index contributed by atoms with van der Waals surface area (Å²) in [5.41, 5.74) is 5.67. The van der Waals surface area contributed by atoms with Gasteiger partial charge in [-0.15, -0.1) is 12.4 Å². The number of aromatic nitrogens is 1. The predicted octanol–water partition coefficient (Wildman–Crippen LogP) is 0.363. The van der Waals surface area contributed by atoms with Crippen LogP contribution in [-0.2, 0) is 11.3 Å². The van der Waals surface area contributed by atoms with Crippen molar-refractivity contribution in [1.82, 2.24) is 4.90 Å². The molecule has 0 saturated carbocycles. The molecule has 0 atom stereocenters. The molecule has 1 aromatic rings. The molecule has 0 bridgehead atoms. The number of primary amides is 1. The minimum Gasteiger partial charge on any atom is -0.364 e. The highest BCUT2D eigenvalue weighted by Crippen LogP contribution is 2.01. The maximum atomic E-state index is 12.0. The molecule has 18 heavy (non-hydrogen) atoms. The summed E-state index contributed by atoms with van der Waals surface area (Å²) < 4.78 is 1.61. The summed E-state index contributed by atoms with van der Waals surface area (Å²) in [6, 6.07) is 3.47. The lowest BCUT2D eigenvalue weighted by molar-refractivity contribution is -0.684. The van der Waals surface area contributed by atoms with E-state index in [0.717, 1.165) is 0 Å². The number of hydrogen-bond donors (Lipinski definition) is 1. The van der Waals surface area contributed by atoms with Crippen LogP contribution in [0.1, 0.15) is 24.2 Å². The number of nitrogens with zero attached hydrogens (tertiary/aromatic N) is 2. The number of nitrogens with two attached hydrogens (primary N) is 1. The quantitative estimate of drug-likeness (QED) is 0.787. The van der Waals surface area contributed by atoms with E-state index in [0.29, 0.717) is 18.7 Å². The van der Waals surface area contributed by atoms with Gasteiger partial charge in [-0.3, -0.25) is 9.59 Å². The van der Waals surface area contributed by atoms with E-state index in [2.05, 4.69) is 0 Å². The minimum absolute atomic E-state index is 0. The summed E-state index contributed by atoms with van der Waals surface area (Å²) in [4.78, 5) is 24.6. The smallest absolute Gasteiger partial charge is 0.283 e. The molecule has 0 radical (unpaired) electrons. The lowest BCUT2D eigenvalue weighted by Gasteiger charge is -2.17. The highest BCUT2D eigenvalue weighted by molar-refractivity contribution is 5.93. The van der Waals surface area contributed by atoms with Gasteiger partial charge in [-0.05, 0) is 19.9 Å². The average molecular weight is 273 g/mol. The Hall–Kier alpha value is -1.62. The Bertz CT molecular complexity index is 420. The molecule has 0 aliphatic rings. The number of carbonyl (C=O) groups excluding carboxylic acids is 2. The Morgan fingerprint density at radius 1 is 1.33 bits per heavy atom. The van der Waals surface area contributed by atoms with E-state index in [1.807, 2.05) is 13.8 Å². The van der Waals surface area contributed by atoms with E-state index < -0.39 is 5.91 Å². The maximum absolute atomic E-state index is 12.0. The van der Waals surface area contributed by atoms with Gasteiger partial charge in [0.1, 0.15) is 5.56 Å². The number of hydrogen-bond acceptors (Lipinski definition) is 2. The van der Waals surface area contributed by atoms with Crippen LogP contribution in [0.15, 0.2) is 24.5 Å². The van der Waals surface area contributed by atoms with Gasteiger partial charge in [0, 0.05) is 19.2 Å². The summed E-state index contributed by atoms with van der Waals surface area (Å²) in [6.07, 6.45) is 3.36. The fraction of sp³-hybridized carbons (Fsp3) is 0.417.